The van der Waals surface area contributed by atoms with Gasteiger partial charge in [0.25, 0.3) is 0 Å². The van der Waals surface area contributed by atoms with Crippen molar-refractivity contribution in [3.8, 4) is 10.6 Å². The highest BCUT2D eigenvalue weighted by Crippen LogP contribution is 2.39. The van der Waals surface area contributed by atoms with Crippen molar-refractivity contribution in [3.05, 3.63) is 88.9 Å². The molecule has 4 atom stereocenters. The van der Waals surface area contributed by atoms with Crippen LogP contribution in [0.3, 0.4) is 0 Å². The van der Waals surface area contributed by atoms with Crippen LogP contribution < -0.4 is 10.2 Å². The molecule has 10 nitrogen and oxygen atoms in total. The van der Waals surface area contributed by atoms with Crippen molar-refractivity contribution in [1.82, 2.24) is 19.9 Å². The van der Waals surface area contributed by atoms with Gasteiger partial charge in [0.2, 0.25) is 5.95 Å². The van der Waals surface area contributed by atoms with E-state index in [1.165, 1.54) is 22.3 Å². The number of aryl methyl sites for hydroxylation is 2. The maximum Gasteiger partial charge on any atom is 0.227 e. The third kappa shape index (κ3) is 6.57. The van der Waals surface area contributed by atoms with E-state index >= 15 is 0 Å². The average Bonchev–Trinajstić information content (AvgIpc) is 3.55. The molecular formula is C32H30F4N6O4S2. The van der Waals surface area contributed by atoms with Gasteiger partial charge >= 0.3 is 0 Å². The fraction of sp³-hybridized carbons (Fsp3) is 0.312. The summed E-state index contributed by atoms with van der Waals surface area (Å²) in [5.74, 6) is -5.04. The Morgan fingerprint density at radius 1 is 0.958 bits per heavy atom. The van der Waals surface area contributed by atoms with Crippen molar-refractivity contribution in [2.24, 2.45) is 5.92 Å². The van der Waals surface area contributed by atoms with Crippen molar-refractivity contribution >= 4 is 43.2 Å². The summed E-state index contributed by atoms with van der Waals surface area (Å²) in [7, 11) is -2.70. The molecule has 3 N–H and O–H groups in total. The average molecular weight is 703 g/mol. The maximum absolute atomic E-state index is 14.5. The molecule has 6 rings (SSSR count). The van der Waals surface area contributed by atoms with E-state index in [9.17, 15) is 36.2 Å². The number of hydrogen-bond acceptors (Lipinski definition) is 11. The van der Waals surface area contributed by atoms with Gasteiger partial charge in [0, 0.05) is 30.8 Å². The van der Waals surface area contributed by atoms with Crippen LogP contribution in [0.15, 0.2) is 53.6 Å². The molecular weight excluding hydrogens is 673 g/mol. The van der Waals surface area contributed by atoms with Crippen LogP contribution >= 0.6 is 11.3 Å². The molecule has 1 fully saturated rings. The SMILES string of the molecule is Cc1nc(N(C)Cc2c(F)cccc2F)nc(NC2C[C@H](CS(=O)(=O)c3cc(F)cc(F)c3)[C@@H](O)[C@H]2O)c1-c1nc2c(C)nccc2s1. The Morgan fingerprint density at radius 2 is 1.65 bits per heavy atom. The topological polar surface area (TPSA) is 141 Å². The molecule has 1 unspecified atom stereocenters. The molecule has 0 radical (unpaired) electrons. The molecule has 0 spiro atoms. The van der Waals surface area contributed by atoms with E-state index in [1.54, 1.807) is 20.2 Å². The minimum Gasteiger partial charge on any atom is -0.390 e. The summed E-state index contributed by atoms with van der Waals surface area (Å²) in [6.45, 7) is 3.30. The molecule has 1 saturated carbocycles. The number of fused-ring (bicyclic) bond motifs is 1. The number of benzene rings is 2. The molecule has 1 aliphatic rings. The first kappa shape index (κ1) is 33.6. The zero-order valence-electron chi connectivity index (χ0n) is 25.8. The highest BCUT2D eigenvalue weighted by atomic mass is 32.2. The number of aromatic nitrogens is 4. The molecule has 16 heteroatoms. The first-order valence-electron chi connectivity index (χ1n) is 14.8. The van der Waals surface area contributed by atoms with Crippen LogP contribution in [0, 0.1) is 43.0 Å². The van der Waals surface area contributed by atoms with Crippen LogP contribution in [0.25, 0.3) is 20.8 Å². The highest BCUT2D eigenvalue weighted by molar-refractivity contribution is 7.91. The molecule has 2 aromatic carbocycles. The van der Waals surface area contributed by atoms with E-state index in [2.05, 4.69) is 20.3 Å². The summed E-state index contributed by atoms with van der Waals surface area (Å²) in [4.78, 5) is 19.2. The molecule has 0 amide bonds. The minimum absolute atomic E-state index is 0.0592. The Hall–Kier alpha value is -4.25. The lowest BCUT2D eigenvalue weighted by Crippen LogP contribution is -2.36. The summed E-state index contributed by atoms with van der Waals surface area (Å²) >= 11 is 1.34. The van der Waals surface area contributed by atoms with Gasteiger partial charge in [-0.05, 0) is 50.6 Å². The number of nitrogens with one attached hydrogen (secondary N) is 1. The van der Waals surface area contributed by atoms with Gasteiger partial charge in [0.05, 0.1) is 51.0 Å². The highest BCUT2D eigenvalue weighted by Gasteiger charge is 2.44. The second-order valence-electron chi connectivity index (χ2n) is 11.8. The molecule has 252 valence electrons. The lowest BCUT2D eigenvalue weighted by Gasteiger charge is -2.24. The monoisotopic (exact) mass is 702 g/mol. The number of sulfone groups is 1. The zero-order chi connectivity index (χ0) is 34.5. The van der Waals surface area contributed by atoms with Crippen LogP contribution in [-0.2, 0) is 16.4 Å². The van der Waals surface area contributed by atoms with Gasteiger partial charge in [0.15, 0.2) is 9.84 Å². The van der Waals surface area contributed by atoms with Gasteiger partial charge < -0.3 is 20.4 Å². The van der Waals surface area contributed by atoms with Crippen molar-refractivity contribution < 1.29 is 36.2 Å². The Balaban J connectivity index is 1.35. The predicted molar refractivity (Wildman–Crippen MR) is 172 cm³/mol. The Kier molecular flexibility index (Phi) is 9.10. The van der Waals surface area contributed by atoms with Crippen molar-refractivity contribution in [1.29, 1.82) is 0 Å². The van der Waals surface area contributed by atoms with Crippen LogP contribution in [0.2, 0.25) is 0 Å². The minimum atomic E-state index is -4.26. The maximum atomic E-state index is 14.5. The van der Waals surface area contributed by atoms with Gasteiger partial charge in [-0.15, -0.1) is 11.3 Å². The van der Waals surface area contributed by atoms with Gasteiger partial charge in [-0.2, -0.15) is 4.98 Å². The lowest BCUT2D eigenvalue weighted by atomic mass is 10.1. The van der Waals surface area contributed by atoms with Crippen molar-refractivity contribution in [2.45, 2.75) is 50.0 Å². The molecule has 1 aliphatic carbocycles. The molecule has 0 bridgehead atoms. The standard InChI is InChI=1S/C32H30F4N6O4S2/c1-15-26(31-40-27-16(2)37-8-7-25(27)47-31)30(41-32(38-15)42(3)13-21-22(35)5-4-6-23(21)36)39-24-9-17(28(43)29(24)44)14-48(45,46)20-11-18(33)10-19(34)12-20/h4-8,10-12,17,24,28-29,43-44H,9,13-14H2,1-3H3,(H,38,39,41)/t17-,24?,28-,29+/m1/s1. The summed E-state index contributed by atoms with van der Waals surface area (Å²) < 4.78 is 83.6. The predicted octanol–water partition coefficient (Wildman–Crippen LogP) is 4.95. The van der Waals surface area contributed by atoms with E-state index in [0.717, 1.165) is 16.8 Å². The Morgan fingerprint density at radius 3 is 2.31 bits per heavy atom. The van der Waals surface area contributed by atoms with Gasteiger partial charge in [-0.1, -0.05) is 6.07 Å². The molecule has 48 heavy (non-hydrogen) atoms. The van der Waals surface area contributed by atoms with Crippen LogP contribution in [-0.4, -0.2) is 69.6 Å². The third-order valence-corrected chi connectivity index (χ3v) is 11.2. The van der Waals surface area contributed by atoms with Gasteiger partial charge in [-0.25, -0.2) is 35.9 Å². The number of halogens is 4. The summed E-state index contributed by atoms with van der Waals surface area (Å²) in [5, 5.41) is 25.6. The first-order chi connectivity index (χ1) is 22.7. The number of anilines is 2. The number of rotatable bonds is 9. The fourth-order valence-electron chi connectivity index (χ4n) is 5.86. The molecule has 0 saturated heterocycles. The Bertz CT molecular complexity index is 2090. The molecule has 3 heterocycles. The Labute approximate surface area is 277 Å². The number of aliphatic hydroxyl groups is 2. The number of hydrogen-bond donors (Lipinski definition) is 3. The van der Waals surface area contributed by atoms with E-state index in [1.807, 2.05) is 13.0 Å². The van der Waals surface area contributed by atoms with Gasteiger partial charge in [-0.3, -0.25) is 4.98 Å². The van der Waals surface area contributed by atoms with E-state index in [0.29, 0.717) is 45.7 Å². The normalized spacial score (nSPS) is 19.6. The second-order valence-corrected chi connectivity index (χ2v) is 14.8. The van der Waals surface area contributed by atoms with Crippen molar-refractivity contribution in [3.63, 3.8) is 0 Å². The summed E-state index contributed by atoms with van der Waals surface area (Å²) in [5.41, 5.74) is 2.06. The van der Waals surface area contributed by atoms with E-state index < -0.39 is 67.9 Å². The van der Waals surface area contributed by atoms with Crippen LogP contribution in [0.1, 0.15) is 23.4 Å². The summed E-state index contributed by atoms with van der Waals surface area (Å²) in [6, 6.07) is 6.37. The number of pyridine rings is 1. The van der Waals surface area contributed by atoms with Crippen molar-refractivity contribution in [2.75, 3.05) is 23.0 Å². The molecule has 3 aromatic heterocycles. The largest absolute Gasteiger partial charge is 0.390 e. The fourth-order valence-corrected chi connectivity index (χ4v) is 8.65. The summed E-state index contributed by atoms with van der Waals surface area (Å²) in [6.07, 6.45) is -1.38. The number of nitrogens with zero attached hydrogens (tertiary/aromatic N) is 5. The van der Waals surface area contributed by atoms with Crippen LogP contribution in [0.5, 0.6) is 0 Å². The first-order valence-corrected chi connectivity index (χ1v) is 17.3. The molecule has 0 aliphatic heterocycles. The second kappa shape index (κ2) is 13.0. The number of thiazole rings is 1. The van der Waals surface area contributed by atoms with Gasteiger partial charge in [0.1, 0.15) is 45.7 Å². The van der Waals surface area contributed by atoms with E-state index in [4.69, 9.17) is 4.98 Å². The lowest BCUT2D eigenvalue weighted by molar-refractivity contribution is 0.0216. The zero-order valence-corrected chi connectivity index (χ0v) is 27.5. The third-order valence-electron chi connectivity index (χ3n) is 8.33. The number of aliphatic hydroxyl groups excluding tert-OH is 2. The van der Waals surface area contributed by atoms with Crippen LogP contribution in [0.4, 0.5) is 29.3 Å². The molecule has 5 aromatic rings. The quantitative estimate of drug-likeness (QED) is 0.181. The smallest absolute Gasteiger partial charge is 0.227 e. The van der Waals surface area contributed by atoms with E-state index in [-0.39, 0.29) is 30.3 Å².